The fraction of sp³-hybridized carbons (Fsp3) is 1.00. The Bertz CT molecular complexity index is 178. The van der Waals surface area contributed by atoms with Crippen LogP contribution in [-0.2, 0) is 0 Å². The topological polar surface area (TPSA) is 0 Å². The first-order chi connectivity index (χ1) is 7.35. The van der Waals surface area contributed by atoms with E-state index in [-0.39, 0.29) is 0 Å². The number of rotatable bonds is 4. The molecule has 2 saturated carbocycles. The minimum absolute atomic E-state index is 1.07. The van der Waals surface area contributed by atoms with Crippen LogP contribution < -0.4 is 0 Å². The van der Waals surface area contributed by atoms with Crippen LogP contribution in [0.1, 0.15) is 71.6 Å². The van der Waals surface area contributed by atoms with E-state index in [4.69, 9.17) is 0 Å². The van der Waals surface area contributed by atoms with Crippen molar-refractivity contribution in [1.82, 2.24) is 0 Å². The Balaban J connectivity index is 1.89. The summed E-state index contributed by atoms with van der Waals surface area (Å²) in [5.41, 5.74) is 0. The first kappa shape index (κ1) is 11.5. The molecule has 0 nitrogen and oxygen atoms in total. The van der Waals surface area contributed by atoms with Gasteiger partial charge in [-0.25, -0.2) is 0 Å². The molecule has 2 aliphatic rings. The maximum absolute atomic E-state index is 2.43. The van der Waals surface area contributed by atoms with E-state index in [1.807, 2.05) is 0 Å². The lowest BCUT2D eigenvalue weighted by Crippen LogP contribution is -2.19. The van der Waals surface area contributed by atoms with Crippen LogP contribution in [0, 0.1) is 23.7 Å². The van der Waals surface area contributed by atoms with Crippen molar-refractivity contribution in [3.8, 4) is 0 Å². The van der Waals surface area contributed by atoms with Gasteiger partial charge in [0, 0.05) is 0 Å². The molecule has 0 heteroatoms. The molecule has 0 bridgehead atoms. The Morgan fingerprint density at radius 1 is 0.933 bits per heavy atom. The van der Waals surface area contributed by atoms with Crippen LogP contribution in [-0.4, -0.2) is 0 Å². The molecule has 88 valence electrons. The summed E-state index contributed by atoms with van der Waals surface area (Å²) in [7, 11) is 0. The summed E-state index contributed by atoms with van der Waals surface area (Å²) in [5.74, 6) is 4.37. The molecule has 0 aromatic heterocycles. The fourth-order valence-corrected chi connectivity index (χ4v) is 4.31. The second-order valence-electron chi connectivity index (χ2n) is 5.96. The standard InChI is InChI=1S/C15H28/c1-3-12-9-10-14(11-12)15(4-2)13-7-5-6-8-13/h12-15H,3-11H2,1-2H3. The molecule has 0 aromatic carbocycles. The van der Waals surface area contributed by atoms with Gasteiger partial charge >= 0.3 is 0 Å². The summed E-state index contributed by atoms with van der Waals surface area (Å²) >= 11 is 0. The summed E-state index contributed by atoms with van der Waals surface area (Å²) in [6.07, 6.45) is 13.7. The fourth-order valence-electron chi connectivity index (χ4n) is 4.31. The first-order valence-electron chi connectivity index (χ1n) is 7.35. The zero-order valence-corrected chi connectivity index (χ0v) is 10.7. The Morgan fingerprint density at radius 3 is 2.20 bits per heavy atom. The number of hydrogen-bond donors (Lipinski definition) is 0. The molecule has 0 radical (unpaired) electrons. The largest absolute Gasteiger partial charge is 0.0651 e. The highest BCUT2D eigenvalue weighted by molar-refractivity contribution is 4.85. The quantitative estimate of drug-likeness (QED) is 0.608. The van der Waals surface area contributed by atoms with E-state index in [2.05, 4.69) is 13.8 Å². The van der Waals surface area contributed by atoms with Crippen molar-refractivity contribution in [2.24, 2.45) is 23.7 Å². The second kappa shape index (κ2) is 5.37. The van der Waals surface area contributed by atoms with Crippen LogP contribution in [0.15, 0.2) is 0 Å². The lowest BCUT2D eigenvalue weighted by molar-refractivity contribution is 0.218. The van der Waals surface area contributed by atoms with Crippen molar-refractivity contribution < 1.29 is 0 Å². The van der Waals surface area contributed by atoms with Gasteiger partial charge in [0.05, 0.1) is 0 Å². The van der Waals surface area contributed by atoms with E-state index in [0.29, 0.717) is 0 Å². The van der Waals surface area contributed by atoms with Gasteiger partial charge in [0.2, 0.25) is 0 Å². The summed E-state index contributed by atoms with van der Waals surface area (Å²) in [4.78, 5) is 0. The summed E-state index contributed by atoms with van der Waals surface area (Å²) in [6, 6.07) is 0. The molecule has 15 heavy (non-hydrogen) atoms. The van der Waals surface area contributed by atoms with Gasteiger partial charge in [-0.3, -0.25) is 0 Å². The molecule has 0 heterocycles. The van der Waals surface area contributed by atoms with Crippen molar-refractivity contribution in [1.29, 1.82) is 0 Å². The summed E-state index contributed by atoms with van der Waals surface area (Å²) in [6.45, 7) is 4.81. The van der Waals surface area contributed by atoms with Gasteiger partial charge in [0.25, 0.3) is 0 Å². The number of hydrogen-bond acceptors (Lipinski definition) is 0. The molecular weight excluding hydrogens is 180 g/mol. The van der Waals surface area contributed by atoms with Crippen molar-refractivity contribution in [2.75, 3.05) is 0 Å². The molecule has 2 fully saturated rings. The monoisotopic (exact) mass is 208 g/mol. The molecule has 0 N–H and O–H groups in total. The van der Waals surface area contributed by atoms with Crippen molar-refractivity contribution in [3.63, 3.8) is 0 Å². The van der Waals surface area contributed by atoms with Crippen LogP contribution in [0.2, 0.25) is 0 Å². The zero-order valence-electron chi connectivity index (χ0n) is 10.7. The molecule has 2 rings (SSSR count). The van der Waals surface area contributed by atoms with Gasteiger partial charge in [-0.1, -0.05) is 58.8 Å². The third-order valence-electron chi connectivity index (χ3n) is 5.24. The predicted octanol–water partition coefficient (Wildman–Crippen LogP) is 5.03. The zero-order chi connectivity index (χ0) is 10.7. The van der Waals surface area contributed by atoms with Gasteiger partial charge in [0.1, 0.15) is 0 Å². The van der Waals surface area contributed by atoms with Crippen LogP contribution >= 0.6 is 0 Å². The highest BCUT2D eigenvalue weighted by Gasteiger charge is 2.34. The van der Waals surface area contributed by atoms with Crippen LogP contribution in [0.25, 0.3) is 0 Å². The van der Waals surface area contributed by atoms with E-state index in [9.17, 15) is 0 Å². The van der Waals surface area contributed by atoms with Gasteiger partial charge in [-0.2, -0.15) is 0 Å². The lowest BCUT2D eigenvalue weighted by Gasteiger charge is -2.28. The molecule has 3 atom stereocenters. The van der Waals surface area contributed by atoms with Crippen LogP contribution in [0.5, 0.6) is 0 Å². The van der Waals surface area contributed by atoms with Gasteiger partial charge in [0.15, 0.2) is 0 Å². The Labute approximate surface area is 95.8 Å². The molecule has 2 aliphatic carbocycles. The van der Waals surface area contributed by atoms with Gasteiger partial charge in [-0.05, 0) is 36.5 Å². The highest BCUT2D eigenvalue weighted by atomic mass is 14.4. The molecule has 3 unspecified atom stereocenters. The third-order valence-corrected chi connectivity index (χ3v) is 5.24. The SMILES string of the molecule is CCC1CCC(C(CC)C2CCCC2)C1. The maximum Gasteiger partial charge on any atom is -0.0360 e. The van der Waals surface area contributed by atoms with Crippen LogP contribution in [0.4, 0.5) is 0 Å². The average molecular weight is 208 g/mol. The minimum Gasteiger partial charge on any atom is -0.0651 e. The molecule has 0 spiro atoms. The smallest absolute Gasteiger partial charge is 0.0360 e. The van der Waals surface area contributed by atoms with Crippen molar-refractivity contribution in [2.45, 2.75) is 71.6 Å². The summed E-state index contributed by atoms with van der Waals surface area (Å²) < 4.78 is 0. The third kappa shape index (κ3) is 2.57. The first-order valence-corrected chi connectivity index (χ1v) is 7.35. The van der Waals surface area contributed by atoms with Gasteiger partial charge < -0.3 is 0 Å². The van der Waals surface area contributed by atoms with E-state index < -0.39 is 0 Å². The van der Waals surface area contributed by atoms with E-state index in [0.717, 1.165) is 23.7 Å². The maximum atomic E-state index is 2.43. The Kier molecular flexibility index (Phi) is 4.11. The Morgan fingerprint density at radius 2 is 1.67 bits per heavy atom. The van der Waals surface area contributed by atoms with E-state index in [1.54, 1.807) is 25.7 Å². The lowest BCUT2D eigenvalue weighted by atomic mass is 9.77. The van der Waals surface area contributed by atoms with E-state index >= 15 is 0 Å². The predicted molar refractivity (Wildman–Crippen MR) is 66.9 cm³/mol. The average Bonchev–Trinajstić information content (AvgIpc) is 2.89. The highest BCUT2D eigenvalue weighted by Crippen LogP contribution is 2.45. The molecule has 0 amide bonds. The van der Waals surface area contributed by atoms with Crippen LogP contribution in [0.3, 0.4) is 0 Å². The Hall–Kier alpha value is 0. The van der Waals surface area contributed by atoms with Crippen molar-refractivity contribution in [3.05, 3.63) is 0 Å². The molecule has 0 aliphatic heterocycles. The van der Waals surface area contributed by atoms with Gasteiger partial charge in [-0.15, -0.1) is 0 Å². The minimum atomic E-state index is 1.07. The molecule has 0 aromatic rings. The van der Waals surface area contributed by atoms with Crippen molar-refractivity contribution >= 4 is 0 Å². The molecular formula is C15H28. The second-order valence-corrected chi connectivity index (χ2v) is 5.96. The van der Waals surface area contributed by atoms with E-state index in [1.165, 1.54) is 32.1 Å². The molecule has 0 saturated heterocycles. The normalized spacial score (nSPS) is 34.8. The summed E-state index contributed by atoms with van der Waals surface area (Å²) in [5, 5.41) is 0.